The van der Waals surface area contributed by atoms with Crippen LogP contribution in [0.5, 0.6) is 0 Å². The van der Waals surface area contributed by atoms with Crippen LogP contribution >= 0.6 is 0 Å². The Hall–Kier alpha value is -5.20. The topological polar surface area (TPSA) is 57.1 Å². The molecule has 0 amide bonds. The third-order valence-corrected chi connectivity index (χ3v) is 32.3. The molecule has 0 radical (unpaired) electrons. The van der Waals surface area contributed by atoms with Crippen LogP contribution in [0.25, 0.3) is 0 Å². The Balaban J connectivity index is 0.000000246. The number of aryl methyl sites for hydroxylation is 4. The van der Waals surface area contributed by atoms with Crippen LogP contribution in [-0.4, -0.2) is 99.3 Å². The Bertz CT molecular complexity index is 4560. The second-order valence-corrected chi connectivity index (χ2v) is 40.4. The van der Waals surface area contributed by atoms with E-state index in [1.165, 1.54) is 152 Å². The number of halogens is 3. The fourth-order valence-corrected chi connectivity index (χ4v) is 22.1. The van der Waals surface area contributed by atoms with Gasteiger partial charge in [0.2, 0.25) is 0 Å². The van der Waals surface area contributed by atoms with Crippen molar-refractivity contribution < 1.29 is 85.7 Å². The molecule has 0 bridgehead atoms. The van der Waals surface area contributed by atoms with Gasteiger partial charge in [-0.3, -0.25) is 0 Å². The standard InChI is InChI=1S/C42H56N3.C39H53N3.C15H26.C12H26.C9H11N.3HI/c1-30(16-18-33-10-7-12-35-20-23-44(5)28-41(33)35)32(3)40(26-37-14-9-15-38-27-43(4)25-22-39(37)38)31(2)17-19-34-11-8-13-36-21-24-45(6)29-42(34)36;1-27(13-15-30-7-4-9-32-17-20-41-25-38(30)32)29(3)37(23-34-11-6-12-35-24-40-22-19-36(34)35)28(2)14-16-31-8-5-10-33-18-21-42-26-39(31)33;1-7-10-12(4)14(6)15(9-3)13(5)11-8-2;1-7-9(3)11(5)12(6)10(4)8-2;1-2-4-9-7-10-6-5-8(9)3-1;;;/h7-15,27-32,40H,16-26H2,1-6H3;4-12,27-29,37,40-42H,13-26H2,1-3H3;7-9,12-15H,1-3,10-11H2,4-6H3;9-12H,7-8H2,1-6H3;1-4,10H,5-7H2;3*1H/q+3;;;;;;;/p-3. The fraction of sp³-hybridized carbons (Fsp3) is 0.564. The summed E-state index contributed by atoms with van der Waals surface area (Å²) in [4.78, 5) is 0. The normalized spacial score (nSPS) is 18.4. The summed E-state index contributed by atoms with van der Waals surface area (Å²) in [5.41, 5.74) is 31.0. The summed E-state index contributed by atoms with van der Waals surface area (Å²) >= 11 is 0. The first-order valence-corrected chi connectivity index (χ1v) is 49.9. The van der Waals surface area contributed by atoms with E-state index in [4.69, 9.17) is 0 Å². The van der Waals surface area contributed by atoms with E-state index in [-0.39, 0.29) is 71.9 Å². The molecule has 0 fully saturated rings. The molecule has 0 aliphatic carbocycles. The predicted molar refractivity (Wildman–Crippen MR) is 537 cm³/mol. The molecule has 7 heterocycles. The van der Waals surface area contributed by atoms with Crippen LogP contribution in [0.1, 0.15) is 266 Å². The van der Waals surface area contributed by atoms with Gasteiger partial charge in [-0.25, -0.2) is 13.7 Å². The number of likely N-dealkylation sites (N-methyl/N-ethyl adjacent to an activating group) is 3. The molecule has 696 valence electrons. The lowest BCUT2D eigenvalue weighted by Gasteiger charge is -2.35. The highest BCUT2D eigenvalue weighted by molar-refractivity contribution is 5.82. The van der Waals surface area contributed by atoms with Crippen LogP contribution in [0, 0.1) is 94.7 Å². The van der Waals surface area contributed by atoms with E-state index in [2.05, 4.69) is 338 Å². The number of rotatable bonds is 35. The minimum absolute atomic E-state index is 0. The van der Waals surface area contributed by atoms with Gasteiger partial charge in [0.15, 0.2) is 18.6 Å². The maximum atomic E-state index is 3.97. The summed E-state index contributed by atoms with van der Waals surface area (Å²) in [6.45, 7) is 60.0. The van der Waals surface area contributed by atoms with Gasteiger partial charge in [0.05, 0.1) is 0 Å². The summed E-state index contributed by atoms with van der Waals surface area (Å²) in [6, 6.07) is 50.9. The average molecular weight is 2060 g/mol. The summed E-state index contributed by atoms with van der Waals surface area (Å²) in [6.07, 6.45) is 38.4. The first kappa shape index (κ1) is 109. The smallest absolute Gasteiger partial charge is 0.171 e. The molecular weight excluding hydrogens is 1880 g/mol. The van der Waals surface area contributed by atoms with Gasteiger partial charge in [0.25, 0.3) is 0 Å². The second kappa shape index (κ2) is 56.1. The van der Waals surface area contributed by atoms with E-state index >= 15 is 0 Å². The van der Waals surface area contributed by atoms with Crippen LogP contribution in [0.4, 0.5) is 0 Å². The number of benzene rings is 7. The number of nitrogens with zero attached hydrogens (tertiary/aromatic N) is 3. The zero-order valence-electron chi connectivity index (χ0n) is 82.6. The number of allylic oxidation sites excluding steroid dienone is 3. The lowest BCUT2D eigenvalue weighted by atomic mass is 9.70. The fourth-order valence-electron chi connectivity index (χ4n) is 22.1. The average Bonchev–Trinajstić information content (AvgIpc) is 0.808. The van der Waals surface area contributed by atoms with Crippen molar-refractivity contribution in [2.24, 2.45) is 94.7 Å². The zero-order valence-corrected chi connectivity index (χ0v) is 89.1. The summed E-state index contributed by atoms with van der Waals surface area (Å²) < 4.78 is 7.09. The number of hydrogen-bond acceptors (Lipinski definition) is 4. The monoisotopic (exact) mass is 2060 g/mol. The molecule has 7 aliphatic rings. The van der Waals surface area contributed by atoms with E-state index in [9.17, 15) is 0 Å². The van der Waals surface area contributed by atoms with Crippen LogP contribution in [-0.2, 0) is 110 Å². The summed E-state index contributed by atoms with van der Waals surface area (Å²) in [7, 11) is 6.65. The van der Waals surface area contributed by atoms with E-state index in [0.29, 0.717) is 71.0 Å². The van der Waals surface area contributed by atoms with Gasteiger partial charge in [0.1, 0.15) is 40.8 Å². The van der Waals surface area contributed by atoms with Crippen molar-refractivity contribution in [3.05, 3.63) is 283 Å². The highest BCUT2D eigenvalue weighted by Gasteiger charge is 2.34. The molecule has 4 N–H and O–H groups in total. The molecule has 0 saturated carbocycles. The van der Waals surface area contributed by atoms with Gasteiger partial charge in [-0.05, 0) is 324 Å². The van der Waals surface area contributed by atoms with Crippen LogP contribution in [0.2, 0.25) is 0 Å². The molecule has 10 heteroatoms. The zero-order chi connectivity index (χ0) is 88.8. The van der Waals surface area contributed by atoms with E-state index < -0.39 is 0 Å². The Kier molecular flexibility index (Phi) is 48.1. The Morgan fingerprint density at radius 2 is 0.685 bits per heavy atom. The van der Waals surface area contributed by atoms with Gasteiger partial charge in [-0.1, -0.05) is 262 Å². The van der Waals surface area contributed by atoms with Gasteiger partial charge in [-0.15, -0.1) is 19.7 Å². The molecule has 7 aromatic carbocycles. The predicted octanol–water partition coefficient (Wildman–Crippen LogP) is 15.4. The van der Waals surface area contributed by atoms with Crippen LogP contribution in [0.15, 0.2) is 171 Å². The number of nitrogens with one attached hydrogen (secondary N) is 4. The molecule has 0 saturated heterocycles. The van der Waals surface area contributed by atoms with Gasteiger partial charge >= 0.3 is 0 Å². The molecule has 7 aliphatic heterocycles. The van der Waals surface area contributed by atoms with Crippen molar-refractivity contribution in [1.29, 1.82) is 0 Å². The quantitative estimate of drug-likeness (QED) is 0.0182. The SMILES string of the molecule is C=CCC(C)C(C)C(C=C)C(C)CC=C.CC(CCc1cccc2c1C=[N+](C)CC2)C(C)C(Cc1cccc2c1CC[N+](C)=C2)C(C)CCc1cccc2c1C=[N+](C)CC2.CC(CCc1cccc2c1CNCC2)C(C)C(Cc1cccc2c1CCNC2)C(C)CCc1cccc2c1CNCC2.CCC(C)C(C)C(C)C(C)CC.[I-].[I-].[I-].c1ccc2c(c1)CCNC2. The van der Waals surface area contributed by atoms with E-state index in [1.807, 2.05) is 12.2 Å². The summed E-state index contributed by atoms with van der Waals surface area (Å²) in [5.74, 6) is 11.5. The third kappa shape index (κ3) is 31.5. The Morgan fingerprint density at radius 3 is 1.16 bits per heavy atom. The summed E-state index contributed by atoms with van der Waals surface area (Å²) in [5, 5.41) is 14.2. The molecule has 14 rings (SSSR count). The van der Waals surface area contributed by atoms with Crippen molar-refractivity contribution in [2.45, 2.75) is 265 Å². The van der Waals surface area contributed by atoms with Gasteiger partial charge in [-0.2, -0.15) is 0 Å². The van der Waals surface area contributed by atoms with Crippen molar-refractivity contribution in [3.8, 4) is 0 Å². The van der Waals surface area contributed by atoms with Crippen molar-refractivity contribution in [3.63, 3.8) is 0 Å². The highest BCUT2D eigenvalue weighted by Crippen LogP contribution is 2.41. The van der Waals surface area contributed by atoms with Gasteiger partial charge in [0, 0.05) is 62.1 Å². The molecule has 127 heavy (non-hydrogen) atoms. The number of hydrogen-bond donors (Lipinski definition) is 4. The van der Waals surface area contributed by atoms with Crippen LogP contribution in [0.3, 0.4) is 0 Å². The minimum Gasteiger partial charge on any atom is -1.00 e. The first-order chi connectivity index (χ1) is 59.9. The molecule has 0 aromatic heterocycles. The Labute approximate surface area is 827 Å². The molecule has 0 spiro atoms. The maximum absolute atomic E-state index is 3.97. The molecule has 7 aromatic rings. The lowest BCUT2D eigenvalue weighted by molar-refractivity contribution is -0.493. The Morgan fingerprint density at radius 1 is 0.315 bits per heavy atom. The molecule has 7 nitrogen and oxygen atoms in total. The third-order valence-electron chi connectivity index (χ3n) is 32.3. The molecular formula is C117H172I3N7. The minimum atomic E-state index is 0. The van der Waals surface area contributed by atoms with Crippen molar-refractivity contribution in [2.75, 3.05) is 67.0 Å². The lowest BCUT2D eigenvalue weighted by Crippen LogP contribution is -3.00. The second-order valence-electron chi connectivity index (χ2n) is 40.4. The van der Waals surface area contributed by atoms with E-state index in [1.54, 1.807) is 55.6 Å². The first-order valence-electron chi connectivity index (χ1n) is 49.9. The van der Waals surface area contributed by atoms with Crippen LogP contribution < -0.4 is 93.2 Å². The highest BCUT2D eigenvalue weighted by atomic mass is 127. The largest absolute Gasteiger partial charge is 1.00 e. The van der Waals surface area contributed by atoms with Crippen molar-refractivity contribution >= 4 is 18.6 Å². The molecule has 16 unspecified atom stereocenters. The number of fused-ring (bicyclic) bond motifs is 7. The van der Waals surface area contributed by atoms with Gasteiger partial charge < -0.3 is 93.2 Å². The van der Waals surface area contributed by atoms with Crippen molar-refractivity contribution in [1.82, 2.24) is 21.3 Å². The van der Waals surface area contributed by atoms with E-state index in [0.717, 1.165) is 134 Å². The maximum Gasteiger partial charge on any atom is 0.171 e. The molecule has 16 atom stereocenters.